The number of nitrogens with one attached hydrogen (secondary N) is 1. The lowest BCUT2D eigenvalue weighted by Crippen LogP contribution is -2.28. The Kier molecular flexibility index (Phi) is 6.04. The molecular weight excluding hydrogens is 462 g/mol. The van der Waals surface area contributed by atoms with E-state index >= 15 is 0 Å². The van der Waals surface area contributed by atoms with Gasteiger partial charge in [-0.25, -0.2) is 9.37 Å². The van der Waals surface area contributed by atoms with Gasteiger partial charge in [0.2, 0.25) is 5.91 Å². The molecule has 1 N–H and O–H groups in total. The highest BCUT2D eigenvalue weighted by atomic mass is 35.5. The van der Waals surface area contributed by atoms with Gasteiger partial charge in [0.25, 0.3) is 0 Å². The topological polar surface area (TPSA) is 59.8 Å². The van der Waals surface area contributed by atoms with Crippen LogP contribution in [0.25, 0.3) is 22.0 Å². The molecule has 2 aromatic carbocycles. The number of fused-ring (bicyclic) bond motifs is 1. The zero-order valence-corrected chi connectivity index (χ0v) is 19.2. The van der Waals surface area contributed by atoms with E-state index in [9.17, 15) is 9.18 Å². The number of carbonyl (C=O) groups excluding carboxylic acids is 1. The van der Waals surface area contributed by atoms with Gasteiger partial charge in [-0.2, -0.15) is 5.10 Å². The number of hydrogen-bond acceptors (Lipinski definition) is 3. The van der Waals surface area contributed by atoms with E-state index in [0.717, 1.165) is 47.7 Å². The number of anilines is 1. The molecule has 2 aromatic heterocycles. The van der Waals surface area contributed by atoms with Gasteiger partial charge in [-0.15, -0.1) is 0 Å². The monoisotopic (exact) mass is 482 g/mol. The highest BCUT2D eigenvalue weighted by Gasteiger charge is 2.28. The molecule has 8 heteroatoms. The summed E-state index contributed by atoms with van der Waals surface area (Å²) in [5.74, 6) is 0.0263. The fourth-order valence-corrected chi connectivity index (χ4v) is 4.66. The molecule has 0 radical (unpaired) electrons. The van der Waals surface area contributed by atoms with Crippen LogP contribution in [0.5, 0.6) is 0 Å². The first-order valence-electron chi connectivity index (χ1n) is 10.8. The molecule has 1 saturated carbocycles. The van der Waals surface area contributed by atoms with E-state index in [1.165, 1.54) is 6.07 Å². The Hall–Kier alpha value is -2.96. The fraction of sp³-hybridized carbons (Fsp3) is 0.240. The average molecular weight is 483 g/mol. The van der Waals surface area contributed by atoms with Gasteiger partial charge in [0.1, 0.15) is 11.6 Å². The molecule has 1 fully saturated rings. The van der Waals surface area contributed by atoms with Crippen molar-refractivity contribution in [3.8, 4) is 11.1 Å². The molecule has 5 rings (SSSR count). The van der Waals surface area contributed by atoms with E-state index in [4.69, 9.17) is 23.2 Å². The van der Waals surface area contributed by atoms with Crippen LogP contribution in [0.2, 0.25) is 10.0 Å². The first kappa shape index (κ1) is 21.9. The highest BCUT2D eigenvalue weighted by molar-refractivity contribution is 6.31. The van der Waals surface area contributed by atoms with Crippen LogP contribution in [0, 0.1) is 11.7 Å². The maximum atomic E-state index is 13.8. The minimum Gasteiger partial charge on any atom is -0.310 e. The van der Waals surface area contributed by atoms with Crippen LogP contribution >= 0.6 is 23.2 Å². The lowest BCUT2D eigenvalue weighted by Gasteiger charge is -2.27. The summed E-state index contributed by atoms with van der Waals surface area (Å²) in [6, 6.07) is 14.1. The third-order valence-electron chi connectivity index (χ3n) is 6.20. The number of pyridine rings is 1. The summed E-state index contributed by atoms with van der Waals surface area (Å²) in [6.07, 6.45) is 6.89. The van der Waals surface area contributed by atoms with Crippen LogP contribution in [0.15, 0.2) is 60.9 Å². The normalized spacial score (nSPS) is 18.4. The van der Waals surface area contributed by atoms with Gasteiger partial charge in [0, 0.05) is 28.1 Å². The van der Waals surface area contributed by atoms with Crippen molar-refractivity contribution in [2.45, 2.75) is 31.7 Å². The molecule has 0 aliphatic heterocycles. The Morgan fingerprint density at radius 3 is 2.61 bits per heavy atom. The van der Waals surface area contributed by atoms with Crippen LogP contribution in [0.1, 0.15) is 31.7 Å². The van der Waals surface area contributed by atoms with Gasteiger partial charge >= 0.3 is 0 Å². The van der Waals surface area contributed by atoms with Crippen molar-refractivity contribution < 1.29 is 9.18 Å². The van der Waals surface area contributed by atoms with Crippen LogP contribution in [0.3, 0.4) is 0 Å². The Bertz CT molecular complexity index is 1330. The molecule has 0 bridgehead atoms. The first-order chi connectivity index (χ1) is 16.0. The number of carbonyl (C=O) groups is 1. The molecule has 168 valence electrons. The Morgan fingerprint density at radius 2 is 1.82 bits per heavy atom. The minimum absolute atomic E-state index is 0.00735. The van der Waals surface area contributed by atoms with E-state index < -0.39 is 5.82 Å². The summed E-state index contributed by atoms with van der Waals surface area (Å²) in [5.41, 5.74) is 2.37. The van der Waals surface area contributed by atoms with Crippen molar-refractivity contribution in [3.63, 3.8) is 0 Å². The van der Waals surface area contributed by atoms with Crippen molar-refractivity contribution in [2.75, 3.05) is 5.32 Å². The van der Waals surface area contributed by atoms with Gasteiger partial charge in [-0.1, -0.05) is 29.3 Å². The summed E-state index contributed by atoms with van der Waals surface area (Å²) >= 11 is 11.8. The third kappa shape index (κ3) is 4.72. The lowest BCUT2D eigenvalue weighted by atomic mass is 9.85. The molecule has 0 saturated heterocycles. The summed E-state index contributed by atoms with van der Waals surface area (Å²) in [4.78, 5) is 17.3. The van der Waals surface area contributed by atoms with E-state index in [1.54, 1.807) is 30.5 Å². The molecule has 1 aliphatic carbocycles. The summed E-state index contributed by atoms with van der Waals surface area (Å²) in [5, 5.41) is 9.13. The van der Waals surface area contributed by atoms with Crippen molar-refractivity contribution in [1.29, 1.82) is 0 Å². The van der Waals surface area contributed by atoms with E-state index in [1.807, 2.05) is 29.1 Å². The zero-order valence-electron chi connectivity index (χ0n) is 17.6. The molecule has 1 amide bonds. The van der Waals surface area contributed by atoms with Crippen LogP contribution < -0.4 is 5.32 Å². The number of hydrogen-bond donors (Lipinski definition) is 1. The number of halogens is 3. The van der Waals surface area contributed by atoms with Gasteiger partial charge in [-0.3, -0.25) is 9.48 Å². The molecule has 1 aliphatic rings. The van der Waals surface area contributed by atoms with Crippen molar-refractivity contribution in [1.82, 2.24) is 14.8 Å². The van der Waals surface area contributed by atoms with E-state index in [-0.39, 0.29) is 22.9 Å². The Balaban J connectivity index is 1.20. The van der Waals surface area contributed by atoms with Crippen molar-refractivity contribution >= 4 is 45.8 Å². The molecule has 5 nitrogen and oxygen atoms in total. The standard InChI is InChI=1S/C25H21Cl2FN4O/c26-19-5-9-23-17(11-19)4-10-24(30-23)31-25(33)15-1-6-20(7-2-15)32-14-18(13-29-32)16-3-8-21(27)22(28)12-16/h3-5,8-15,20H,1-2,6-7H2,(H,30,31,33). The number of aromatic nitrogens is 3. The van der Waals surface area contributed by atoms with Crippen molar-refractivity contribution in [2.24, 2.45) is 5.92 Å². The molecule has 0 spiro atoms. The average Bonchev–Trinajstić information content (AvgIpc) is 3.31. The number of benzene rings is 2. The summed E-state index contributed by atoms with van der Waals surface area (Å²) in [6.45, 7) is 0. The first-order valence-corrected chi connectivity index (χ1v) is 11.6. The quantitative estimate of drug-likeness (QED) is 0.343. The lowest BCUT2D eigenvalue weighted by molar-refractivity contribution is -0.121. The second-order valence-corrected chi connectivity index (χ2v) is 9.21. The van der Waals surface area contributed by atoms with Crippen molar-refractivity contribution in [3.05, 3.63) is 76.8 Å². The smallest absolute Gasteiger partial charge is 0.228 e. The largest absolute Gasteiger partial charge is 0.310 e. The molecule has 0 atom stereocenters. The maximum absolute atomic E-state index is 13.8. The summed E-state index contributed by atoms with van der Waals surface area (Å²) in [7, 11) is 0. The zero-order chi connectivity index (χ0) is 22.9. The Morgan fingerprint density at radius 1 is 1.00 bits per heavy atom. The number of rotatable bonds is 4. The molecule has 4 aromatic rings. The fourth-order valence-electron chi connectivity index (χ4n) is 4.36. The van der Waals surface area contributed by atoms with Crippen LogP contribution in [0.4, 0.5) is 10.2 Å². The predicted octanol–water partition coefficient (Wildman–Crippen LogP) is 6.91. The highest BCUT2D eigenvalue weighted by Crippen LogP contribution is 2.34. The molecular formula is C25H21Cl2FN4O. The van der Waals surface area contributed by atoms with Gasteiger partial charge in [-0.05, 0) is 73.7 Å². The van der Waals surface area contributed by atoms with Gasteiger partial charge in [0.05, 0.1) is 22.8 Å². The molecule has 2 heterocycles. The maximum Gasteiger partial charge on any atom is 0.228 e. The van der Waals surface area contributed by atoms with Crippen LogP contribution in [-0.4, -0.2) is 20.7 Å². The second-order valence-electron chi connectivity index (χ2n) is 8.37. The predicted molar refractivity (Wildman–Crippen MR) is 129 cm³/mol. The van der Waals surface area contributed by atoms with E-state index in [0.29, 0.717) is 10.8 Å². The van der Waals surface area contributed by atoms with Gasteiger partial charge < -0.3 is 5.32 Å². The molecule has 33 heavy (non-hydrogen) atoms. The SMILES string of the molecule is O=C(Nc1ccc2cc(Cl)ccc2n1)C1CCC(n2cc(-c3ccc(Cl)c(F)c3)cn2)CC1. The minimum atomic E-state index is -0.446. The second kappa shape index (κ2) is 9.12. The number of nitrogens with zero attached hydrogens (tertiary/aromatic N) is 3. The molecule has 0 unspecified atom stereocenters. The Labute approximate surface area is 200 Å². The third-order valence-corrected chi connectivity index (χ3v) is 6.74. The summed E-state index contributed by atoms with van der Waals surface area (Å²) < 4.78 is 15.7. The van der Waals surface area contributed by atoms with Crippen LogP contribution in [-0.2, 0) is 4.79 Å². The number of amides is 1. The van der Waals surface area contributed by atoms with Gasteiger partial charge in [0.15, 0.2) is 0 Å². The van der Waals surface area contributed by atoms with E-state index in [2.05, 4.69) is 15.4 Å².